The first-order chi connectivity index (χ1) is 13.9. The summed E-state index contributed by atoms with van der Waals surface area (Å²) in [5.41, 5.74) is -4.48. The Bertz CT molecular complexity index is 863. The maximum absolute atomic E-state index is 13.8. The molecule has 0 aromatic heterocycles. The van der Waals surface area contributed by atoms with Crippen molar-refractivity contribution < 1.29 is 45.1 Å². The van der Waals surface area contributed by atoms with Gasteiger partial charge in [-0.25, -0.2) is 17.6 Å². The third-order valence-electron chi connectivity index (χ3n) is 5.31. The van der Waals surface area contributed by atoms with Crippen LogP contribution in [-0.2, 0) is 20.6 Å². The highest BCUT2D eigenvalue weighted by atomic mass is 19.4. The van der Waals surface area contributed by atoms with Crippen molar-refractivity contribution in [2.24, 2.45) is 11.8 Å². The molecule has 3 amide bonds. The molecular weight excluding hydrogens is 425 g/mol. The summed E-state index contributed by atoms with van der Waals surface area (Å²) in [4.78, 5) is 37.4. The maximum Gasteiger partial charge on any atom is 0.422 e. The van der Waals surface area contributed by atoms with E-state index in [9.17, 15) is 45.1 Å². The van der Waals surface area contributed by atoms with Crippen LogP contribution in [0, 0.1) is 35.1 Å². The van der Waals surface area contributed by atoms with E-state index in [1.54, 1.807) is 0 Å². The van der Waals surface area contributed by atoms with Crippen molar-refractivity contribution in [3.8, 4) is 0 Å². The fourth-order valence-corrected chi connectivity index (χ4v) is 3.86. The normalized spacial score (nSPS) is 21.8. The van der Waals surface area contributed by atoms with Crippen LogP contribution < -0.4 is 5.32 Å². The highest BCUT2D eigenvalue weighted by Crippen LogP contribution is 2.39. The molecule has 1 heterocycles. The molecule has 1 saturated carbocycles. The second-order valence-corrected chi connectivity index (χ2v) is 7.13. The number of anilines is 1. The topological polar surface area (TPSA) is 66.5 Å². The molecule has 1 N–H and O–H groups in total. The smallest absolute Gasteiger partial charge is 0.321 e. The monoisotopic (exact) mass is 440 g/mol. The quantitative estimate of drug-likeness (QED) is 0.441. The van der Waals surface area contributed by atoms with E-state index >= 15 is 0 Å². The fourth-order valence-electron chi connectivity index (χ4n) is 3.86. The zero-order valence-electron chi connectivity index (χ0n) is 15.2. The van der Waals surface area contributed by atoms with Gasteiger partial charge in [0.2, 0.25) is 17.7 Å². The number of carbonyl (C=O) groups excluding carboxylic acids is 3. The number of benzene rings is 1. The van der Waals surface area contributed by atoms with E-state index in [1.807, 2.05) is 0 Å². The Labute approximate surface area is 165 Å². The van der Waals surface area contributed by atoms with Gasteiger partial charge in [0, 0.05) is 13.0 Å². The number of likely N-dealkylation sites (tertiary alicyclic amines) is 1. The zero-order chi connectivity index (χ0) is 22.4. The predicted molar refractivity (Wildman–Crippen MR) is 86.7 cm³/mol. The van der Waals surface area contributed by atoms with E-state index in [-0.39, 0.29) is 0 Å². The number of nitrogens with one attached hydrogen (secondary N) is 1. The minimum Gasteiger partial charge on any atom is -0.321 e. The number of carbonyl (C=O) groups is 3. The summed E-state index contributed by atoms with van der Waals surface area (Å²) in [6.07, 6.45) is -3.77. The first kappa shape index (κ1) is 22.0. The van der Waals surface area contributed by atoms with E-state index in [0.717, 1.165) is 17.7 Å². The summed E-state index contributed by atoms with van der Waals surface area (Å²) >= 11 is 0. The van der Waals surface area contributed by atoms with Crippen LogP contribution in [0.1, 0.15) is 37.7 Å². The number of alkyl halides is 3. The highest BCUT2D eigenvalue weighted by molar-refractivity contribution is 6.05. The minimum atomic E-state index is -5.70. The van der Waals surface area contributed by atoms with Crippen molar-refractivity contribution in [3.05, 3.63) is 28.8 Å². The predicted octanol–water partition coefficient (Wildman–Crippen LogP) is 3.77. The molecule has 1 aromatic carbocycles. The molecule has 3 rings (SSSR count). The third-order valence-corrected chi connectivity index (χ3v) is 5.31. The molecule has 2 atom stereocenters. The lowest BCUT2D eigenvalue weighted by atomic mass is 9.81. The van der Waals surface area contributed by atoms with Gasteiger partial charge >= 0.3 is 6.18 Å². The highest BCUT2D eigenvalue weighted by Gasteiger charge is 2.48. The van der Waals surface area contributed by atoms with Crippen LogP contribution in [0.3, 0.4) is 0 Å². The van der Waals surface area contributed by atoms with Crippen molar-refractivity contribution in [2.45, 2.75) is 38.3 Å². The first-order valence-electron chi connectivity index (χ1n) is 9.03. The van der Waals surface area contributed by atoms with Gasteiger partial charge in [-0.2, -0.15) is 13.2 Å². The van der Waals surface area contributed by atoms with Crippen molar-refractivity contribution in [1.82, 2.24) is 4.90 Å². The SMILES string of the molecule is O=C(CCN1C(=O)C2CCCCC2C1=O)Nc1c(F)c(F)c(C(F)(F)F)c(F)c1F. The molecule has 2 fully saturated rings. The van der Waals surface area contributed by atoms with Crippen LogP contribution in [0.25, 0.3) is 0 Å². The lowest BCUT2D eigenvalue weighted by Gasteiger charge is -2.19. The van der Waals surface area contributed by atoms with Gasteiger partial charge in [-0.05, 0) is 12.8 Å². The Morgan fingerprint density at radius 3 is 1.80 bits per heavy atom. The van der Waals surface area contributed by atoms with Crippen LogP contribution in [0.5, 0.6) is 0 Å². The number of amides is 3. The lowest BCUT2D eigenvalue weighted by molar-refractivity contribution is -0.143. The molecule has 1 saturated heterocycles. The summed E-state index contributed by atoms with van der Waals surface area (Å²) in [6, 6.07) is 0. The standard InChI is InChI=1S/C18H15F7N2O3/c19-11-10(18(23,24)25)12(20)14(22)15(13(11)21)26-9(28)5-6-27-16(29)7-3-1-2-4-8(7)17(27)30/h7-8H,1-6H2,(H,26,28). The average molecular weight is 440 g/mol. The average Bonchev–Trinajstić information content (AvgIpc) is 2.92. The van der Waals surface area contributed by atoms with Gasteiger partial charge in [-0.1, -0.05) is 12.8 Å². The molecule has 0 radical (unpaired) electrons. The Balaban J connectivity index is 1.73. The zero-order valence-corrected chi connectivity index (χ0v) is 15.2. The van der Waals surface area contributed by atoms with Gasteiger partial charge in [0.05, 0.1) is 11.8 Å². The van der Waals surface area contributed by atoms with E-state index < -0.39 is 83.2 Å². The summed E-state index contributed by atoms with van der Waals surface area (Å²) in [5.74, 6) is -13.4. The second-order valence-electron chi connectivity index (χ2n) is 7.13. The second kappa shape index (κ2) is 7.88. The molecule has 2 aliphatic rings. The van der Waals surface area contributed by atoms with Gasteiger partial charge in [0.25, 0.3) is 0 Å². The molecule has 164 valence electrons. The number of nitrogens with zero attached hydrogens (tertiary/aromatic N) is 1. The summed E-state index contributed by atoms with van der Waals surface area (Å²) < 4.78 is 92.7. The minimum absolute atomic E-state index is 0.439. The number of hydrogen-bond acceptors (Lipinski definition) is 3. The number of imide groups is 1. The summed E-state index contributed by atoms with van der Waals surface area (Å²) in [6.45, 7) is -0.439. The lowest BCUT2D eigenvalue weighted by Crippen LogP contribution is -2.34. The molecular formula is C18H15F7N2O3. The van der Waals surface area contributed by atoms with Crippen LogP contribution in [-0.4, -0.2) is 29.2 Å². The van der Waals surface area contributed by atoms with E-state index in [1.165, 1.54) is 5.32 Å². The van der Waals surface area contributed by atoms with E-state index in [2.05, 4.69) is 0 Å². The molecule has 12 heteroatoms. The third kappa shape index (κ3) is 3.74. The Hall–Kier alpha value is -2.66. The summed E-state index contributed by atoms with van der Waals surface area (Å²) in [5, 5.41) is 1.47. The molecule has 2 unspecified atom stereocenters. The molecule has 0 bridgehead atoms. The van der Waals surface area contributed by atoms with Crippen molar-refractivity contribution >= 4 is 23.4 Å². The van der Waals surface area contributed by atoms with Crippen molar-refractivity contribution in [1.29, 1.82) is 0 Å². The van der Waals surface area contributed by atoms with Gasteiger partial charge in [0.1, 0.15) is 11.3 Å². The Morgan fingerprint density at radius 1 is 0.900 bits per heavy atom. The maximum atomic E-state index is 13.8. The summed E-state index contributed by atoms with van der Waals surface area (Å²) in [7, 11) is 0. The van der Waals surface area contributed by atoms with Crippen LogP contribution in [0.4, 0.5) is 36.4 Å². The van der Waals surface area contributed by atoms with Crippen molar-refractivity contribution in [3.63, 3.8) is 0 Å². The van der Waals surface area contributed by atoms with Gasteiger partial charge in [0.15, 0.2) is 23.3 Å². The number of rotatable bonds is 4. The van der Waals surface area contributed by atoms with Crippen LogP contribution >= 0.6 is 0 Å². The molecule has 1 aromatic rings. The molecule has 1 aliphatic carbocycles. The number of halogens is 7. The van der Waals surface area contributed by atoms with Crippen LogP contribution in [0.2, 0.25) is 0 Å². The van der Waals surface area contributed by atoms with Gasteiger partial charge in [-0.15, -0.1) is 0 Å². The Kier molecular flexibility index (Phi) is 5.79. The van der Waals surface area contributed by atoms with E-state index in [0.29, 0.717) is 12.8 Å². The van der Waals surface area contributed by atoms with Crippen LogP contribution in [0.15, 0.2) is 0 Å². The Morgan fingerprint density at radius 2 is 1.37 bits per heavy atom. The van der Waals surface area contributed by atoms with Gasteiger partial charge < -0.3 is 5.32 Å². The largest absolute Gasteiger partial charge is 0.422 e. The number of hydrogen-bond donors (Lipinski definition) is 1. The molecule has 30 heavy (non-hydrogen) atoms. The fraction of sp³-hybridized carbons (Fsp3) is 0.500. The molecule has 0 spiro atoms. The first-order valence-corrected chi connectivity index (χ1v) is 9.03. The van der Waals surface area contributed by atoms with Gasteiger partial charge in [-0.3, -0.25) is 19.3 Å². The number of fused-ring (bicyclic) bond motifs is 1. The molecule has 1 aliphatic heterocycles. The van der Waals surface area contributed by atoms with Crippen molar-refractivity contribution in [2.75, 3.05) is 11.9 Å². The van der Waals surface area contributed by atoms with E-state index in [4.69, 9.17) is 0 Å². The molecule has 5 nitrogen and oxygen atoms in total.